The minimum atomic E-state index is -0.949. The van der Waals surface area contributed by atoms with Crippen molar-refractivity contribution in [1.29, 1.82) is 0 Å². The highest BCUT2D eigenvalue weighted by atomic mass is 16.4. The highest BCUT2D eigenvalue weighted by molar-refractivity contribution is 5.87. The third kappa shape index (κ3) is 2.04. The predicted molar refractivity (Wildman–Crippen MR) is 50.9 cm³/mol. The van der Waals surface area contributed by atoms with E-state index < -0.39 is 12.0 Å². The lowest BCUT2D eigenvalue weighted by atomic mass is 9.95. The van der Waals surface area contributed by atoms with Gasteiger partial charge in [0.2, 0.25) is 5.91 Å². The molecule has 0 bridgehead atoms. The van der Waals surface area contributed by atoms with Crippen molar-refractivity contribution in [3.8, 4) is 0 Å². The van der Waals surface area contributed by atoms with Crippen LogP contribution in [0.25, 0.3) is 0 Å². The lowest BCUT2D eigenvalue weighted by Crippen LogP contribution is -2.64. The number of rotatable bonds is 2. The molecule has 1 amide bonds. The molecule has 0 spiro atoms. The van der Waals surface area contributed by atoms with E-state index in [4.69, 9.17) is 5.11 Å². The van der Waals surface area contributed by atoms with Crippen LogP contribution in [0.1, 0.15) is 20.3 Å². The van der Waals surface area contributed by atoms with Gasteiger partial charge in [0.05, 0.1) is 12.5 Å². The number of nitrogens with zero attached hydrogens (tertiary/aromatic N) is 1. The largest absolute Gasteiger partial charge is 0.481 e. The molecule has 80 valence electrons. The van der Waals surface area contributed by atoms with Gasteiger partial charge >= 0.3 is 5.97 Å². The van der Waals surface area contributed by atoms with Crippen molar-refractivity contribution in [1.82, 2.24) is 10.2 Å². The van der Waals surface area contributed by atoms with Gasteiger partial charge in [-0.15, -0.1) is 0 Å². The number of carboxylic acids is 1. The van der Waals surface area contributed by atoms with E-state index in [0.29, 0.717) is 6.54 Å². The Balaban J connectivity index is 2.79. The Morgan fingerprint density at radius 3 is 2.79 bits per heavy atom. The molecular formula is C9H16N2O3. The van der Waals surface area contributed by atoms with Crippen LogP contribution in [0.5, 0.6) is 0 Å². The Labute approximate surface area is 83.1 Å². The first kappa shape index (κ1) is 11.0. The number of nitrogens with one attached hydrogen (secondary N) is 1. The Bertz CT molecular complexity index is 263. The Hall–Kier alpha value is -1.10. The predicted octanol–water partition coefficient (Wildman–Crippen LogP) is -0.330. The number of amides is 1. The molecule has 1 fully saturated rings. The number of carbonyl (C=O) groups excluding carboxylic acids is 1. The van der Waals surface area contributed by atoms with Crippen LogP contribution in [0, 0.1) is 0 Å². The summed E-state index contributed by atoms with van der Waals surface area (Å²) >= 11 is 0. The van der Waals surface area contributed by atoms with Crippen molar-refractivity contribution in [2.24, 2.45) is 0 Å². The Kier molecular flexibility index (Phi) is 2.80. The first-order valence-electron chi connectivity index (χ1n) is 4.57. The van der Waals surface area contributed by atoms with Gasteiger partial charge in [0.15, 0.2) is 0 Å². The second kappa shape index (κ2) is 3.57. The van der Waals surface area contributed by atoms with Crippen LogP contribution in [0.2, 0.25) is 0 Å². The first-order valence-corrected chi connectivity index (χ1v) is 4.57. The van der Waals surface area contributed by atoms with Gasteiger partial charge in [-0.05, 0) is 20.9 Å². The van der Waals surface area contributed by atoms with Gasteiger partial charge in [-0.25, -0.2) is 0 Å². The number of hydrogen-bond acceptors (Lipinski definition) is 3. The summed E-state index contributed by atoms with van der Waals surface area (Å²) in [7, 11) is 1.78. The zero-order chi connectivity index (χ0) is 10.9. The fourth-order valence-corrected chi connectivity index (χ4v) is 1.54. The summed E-state index contributed by atoms with van der Waals surface area (Å²) in [4.78, 5) is 23.8. The summed E-state index contributed by atoms with van der Waals surface area (Å²) in [6.45, 7) is 4.50. The fraction of sp³-hybridized carbons (Fsp3) is 0.778. The lowest BCUT2D eigenvalue weighted by Gasteiger charge is -2.44. The van der Waals surface area contributed by atoms with Crippen LogP contribution in [-0.2, 0) is 9.59 Å². The molecule has 0 aliphatic carbocycles. The summed E-state index contributed by atoms with van der Waals surface area (Å²) in [5.41, 5.74) is -0.186. The molecular weight excluding hydrogens is 184 g/mol. The van der Waals surface area contributed by atoms with Crippen molar-refractivity contribution in [2.45, 2.75) is 31.8 Å². The first-order chi connectivity index (χ1) is 6.34. The van der Waals surface area contributed by atoms with Crippen LogP contribution >= 0.6 is 0 Å². The molecule has 5 heteroatoms. The zero-order valence-corrected chi connectivity index (χ0v) is 8.70. The maximum atomic E-state index is 11.4. The highest BCUT2D eigenvalue weighted by Gasteiger charge is 2.39. The summed E-state index contributed by atoms with van der Waals surface area (Å²) in [5.74, 6) is -1.15. The van der Waals surface area contributed by atoms with Gasteiger partial charge in [0.1, 0.15) is 0 Å². The zero-order valence-electron chi connectivity index (χ0n) is 8.70. The van der Waals surface area contributed by atoms with Crippen LogP contribution in [-0.4, -0.2) is 47.1 Å². The number of likely N-dealkylation sites (N-methyl/N-ethyl adjacent to an activating group) is 1. The van der Waals surface area contributed by atoms with Gasteiger partial charge in [-0.2, -0.15) is 0 Å². The third-order valence-corrected chi connectivity index (χ3v) is 2.79. The van der Waals surface area contributed by atoms with Gasteiger partial charge < -0.3 is 10.4 Å². The molecule has 1 heterocycles. The fourth-order valence-electron chi connectivity index (χ4n) is 1.54. The Morgan fingerprint density at radius 1 is 1.71 bits per heavy atom. The van der Waals surface area contributed by atoms with E-state index in [-0.39, 0.29) is 17.9 Å². The van der Waals surface area contributed by atoms with E-state index in [1.807, 2.05) is 18.7 Å². The summed E-state index contributed by atoms with van der Waals surface area (Å²) in [6.07, 6.45) is -0.147. The number of hydrogen-bond donors (Lipinski definition) is 2. The lowest BCUT2D eigenvalue weighted by molar-refractivity contribution is -0.145. The van der Waals surface area contributed by atoms with Crippen molar-refractivity contribution in [3.63, 3.8) is 0 Å². The molecule has 0 aromatic rings. The number of aliphatic carboxylic acids is 1. The molecule has 1 aliphatic rings. The molecule has 0 saturated carbocycles. The molecule has 5 nitrogen and oxygen atoms in total. The number of carboxylic acid groups (broad SMARTS) is 1. The van der Waals surface area contributed by atoms with Gasteiger partial charge in [0.25, 0.3) is 0 Å². The molecule has 14 heavy (non-hydrogen) atoms. The molecule has 0 aromatic carbocycles. The van der Waals surface area contributed by atoms with E-state index in [9.17, 15) is 9.59 Å². The van der Waals surface area contributed by atoms with Crippen molar-refractivity contribution in [2.75, 3.05) is 13.6 Å². The molecule has 1 atom stereocenters. The standard InChI is InChI=1S/C9H16N2O3/c1-9(2)5-10-8(14)6(11(9)3)4-7(12)13/h6H,4-5H2,1-3H3,(H,10,14)(H,12,13). The molecule has 0 radical (unpaired) electrons. The summed E-state index contributed by atoms with van der Waals surface area (Å²) < 4.78 is 0. The topological polar surface area (TPSA) is 69.6 Å². The minimum Gasteiger partial charge on any atom is -0.481 e. The summed E-state index contributed by atoms with van der Waals surface area (Å²) in [6, 6.07) is -0.559. The van der Waals surface area contributed by atoms with Crippen molar-refractivity contribution >= 4 is 11.9 Å². The van der Waals surface area contributed by atoms with E-state index in [1.165, 1.54) is 0 Å². The number of carbonyl (C=O) groups is 2. The molecule has 1 rings (SSSR count). The minimum absolute atomic E-state index is 0.147. The van der Waals surface area contributed by atoms with Crippen LogP contribution in [0.3, 0.4) is 0 Å². The quantitative estimate of drug-likeness (QED) is 0.640. The maximum Gasteiger partial charge on any atom is 0.305 e. The average Bonchev–Trinajstić information content (AvgIpc) is 2.06. The molecule has 0 aromatic heterocycles. The molecule has 1 saturated heterocycles. The van der Waals surface area contributed by atoms with Crippen LogP contribution in [0.15, 0.2) is 0 Å². The smallest absolute Gasteiger partial charge is 0.305 e. The molecule has 1 unspecified atom stereocenters. The summed E-state index contributed by atoms with van der Waals surface area (Å²) in [5, 5.41) is 11.4. The molecule has 2 N–H and O–H groups in total. The average molecular weight is 200 g/mol. The Morgan fingerprint density at radius 2 is 2.29 bits per heavy atom. The van der Waals surface area contributed by atoms with Crippen molar-refractivity contribution in [3.05, 3.63) is 0 Å². The third-order valence-electron chi connectivity index (χ3n) is 2.79. The normalized spacial score (nSPS) is 27.1. The van der Waals surface area contributed by atoms with Crippen LogP contribution in [0.4, 0.5) is 0 Å². The van der Waals surface area contributed by atoms with Crippen LogP contribution < -0.4 is 5.32 Å². The van der Waals surface area contributed by atoms with E-state index in [2.05, 4.69) is 5.32 Å². The van der Waals surface area contributed by atoms with Gasteiger partial charge in [-0.3, -0.25) is 14.5 Å². The number of piperazine rings is 1. The highest BCUT2D eigenvalue weighted by Crippen LogP contribution is 2.20. The SMILES string of the molecule is CN1C(CC(=O)O)C(=O)NCC1(C)C. The second-order valence-corrected chi connectivity index (χ2v) is 4.25. The van der Waals surface area contributed by atoms with Gasteiger partial charge in [-0.1, -0.05) is 0 Å². The van der Waals surface area contributed by atoms with E-state index in [0.717, 1.165) is 0 Å². The maximum absolute atomic E-state index is 11.4. The van der Waals surface area contributed by atoms with Crippen molar-refractivity contribution < 1.29 is 14.7 Å². The van der Waals surface area contributed by atoms with E-state index >= 15 is 0 Å². The molecule has 1 aliphatic heterocycles. The second-order valence-electron chi connectivity index (χ2n) is 4.25. The van der Waals surface area contributed by atoms with Gasteiger partial charge in [0, 0.05) is 12.1 Å². The van der Waals surface area contributed by atoms with E-state index in [1.54, 1.807) is 7.05 Å². The monoisotopic (exact) mass is 200 g/mol.